The Morgan fingerprint density at radius 2 is 1.86 bits per heavy atom. The van der Waals surface area contributed by atoms with Gasteiger partial charge in [-0.2, -0.15) is 0 Å². The highest BCUT2D eigenvalue weighted by atomic mass is 35.5. The van der Waals surface area contributed by atoms with E-state index in [4.69, 9.17) is 33.5 Å². The highest BCUT2D eigenvalue weighted by molar-refractivity contribution is 6.32. The smallest absolute Gasteiger partial charge is 0.217 e. The SMILES string of the molecule is NC(=O)CCCc1cccc(OCC(N)CCC(N)=O)c1Cl. The largest absolute Gasteiger partial charge is 0.490 e. The minimum atomic E-state index is -0.384. The van der Waals surface area contributed by atoms with Crippen LogP contribution in [0.3, 0.4) is 0 Å². The van der Waals surface area contributed by atoms with Crippen LogP contribution in [0, 0.1) is 0 Å². The van der Waals surface area contributed by atoms with E-state index < -0.39 is 0 Å². The van der Waals surface area contributed by atoms with E-state index in [1.54, 1.807) is 6.07 Å². The molecule has 6 N–H and O–H groups in total. The lowest BCUT2D eigenvalue weighted by Gasteiger charge is -2.15. The third-order valence-corrected chi connectivity index (χ3v) is 3.56. The normalized spacial score (nSPS) is 11.9. The number of ether oxygens (including phenoxy) is 1. The van der Waals surface area contributed by atoms with Gasteiger partial charge in [0.2, 0.25) is 11.8 Å². The molecule has 0 spiro atoms. The van der Waals surface area contributed by atoms with Gasteiger partial charge in [-0.15, -0.1) is 0 Å². The van der Waals surface area contributed by atoms with E-state index in [-0.39, 0.29) is 30.9 Å². The maximum absolute atomic E-state index is 10.7. The van der Waals surface area contributed by atoms with E-state index in [0.29, 0.717) is 36.5 Å². The van der Waals surface area contributed by atoms with Crippen molar-refractivity contribution < 1.29 is 14.3 Å². The van der Waals surface area contributed by atoms with Crippen LogP contribution >= 0.6 is 11.6 Å². The average Bonchev–Trinajstić information content (AvgIpc) is 2.45. The van der Waals surface area contributed by atoms with Crippen LogP contribution in [0.5, 0.6) is 5.75 Å². The van der Waals surface area contributed by atoms with E-state index >= 15 is 0 Å². The molecule has 0 heterocycles. The molecule has 6 nitrogen and oxygen atoms in total. The molecule has 1 unspecified atom stereocenters. The second kappa shape index (κ2) is 9.27. The van der Waals surface area contributed by atoms with Crippen molar-refractivity contribution in [1.82, 2.24) is 0 Å². The molecule has 0 aliphatic heterocycles. The first-order chi connectivity index (χ1) is 10.4. The van der Waals surface area contributed by atoms with Crippen molar-refractivity contribution in [3.8, 4) is 5.75 Å². The Bertz CT molecular complexity index is 523. The number of aryl methyl sites for hydroxylation is 1. The molecule has 0 aliphatic rings. The quantitative estimate of drug-likeness (QED) is 0.596. The maximum atomic E-state index is 10.7. The summed E-state index contributed by atoms with van der Waals surface area (Å²) in [7, 11) is 0. The van der Waals surface area contributed by atoms with Crippen LogP contribution in [0.25, 0.3) is 0 Å². The molecule has 0 saturated carbocycles. The molecule has 7 heteroatoms. The van der Waals surface area contributed by atoms with Crippen LogP contribution in [-0.4, -0.2) is 24.5 Å². The first-order valence-electron chi connectivity index (χ1n) is 7.12. The predicted molar refractivity (Wildman–Crippen MR) is 85.5 cm³/mol. The molecule has 1 aromatic rings. The maximum Gasteiger partial charge on any atom is 0.217 e. The Morgan fingerprint density at radius 1 is 1.18 bits per heavy atom. The van der Waals surface area contributed by atoms with E-state index in [2.05, 4.69) is 0 Å². The van der Waals surface area contributed by atoms with Crippen molar-refractivity contribution in [2.45, 2.75) is 38.1 Å². The van der Waals surface area contributed by atoms with Crippen molar-refractivity contribution >= 4 is 23.4 Å². The Kier molecular flexibility index (Phi) is 7.70. The summed E-state index contributed by atoms with van der Waals surface area (Å²) in [6.45, 7) is 0.248. The average molecular weight is 328 g/mol. The third-order valence-electron chi connectivity index (χ3n) is 3.13. The molecule has 0 bridgehead atoms. The highest BCUT2D eigenvalue weighted by Crippen LogP contribution is 2.29. The molecule has 1 atom stereocenters. The monoisotopic (exact) mass is 327 g/mol. The number of carbonyl (C=O) groups is 2. The molecule has 0 radical (unpaired) electrons. The molecular weight excluding hydrogens is 306 g/mol. The molecule has 0 fully saturated rings. The molecular formula is C15H22ClN3O3. The van der Waals surface area contributed by atoms with Crippen LogP contribution in [0.1, 0.15) is 31.2 Å². The summed E-state index contributed by atoms with van der Waals surface area (Å²) in [5, 5.41) is 0.508. The van der Waals surface area contributed by atoms with Crippen molar-refractivity contribution in [2.75, 3.05) is 6.61 Å². The molecule has 2 amide bonds. The summed E-state index contributed by atoms with van der Waals surface area (Å²) in [5.74, 6) is -0.179. The van der Waals surface area contributed by atoms with Gasteiger partial charge in [0.25, 0.3) is 0 Å². The lowest BCUT2D eigenvalue weighted by Crippen LogP contribution is -2.29. The summed E-state index contributed by atoms with van der Waals surface area (Å²) in [6.07, 6.45) is 2.29. The number of hydrogen-bond acceptors (Lipinski definition) is 4. The van der Waals surface area contributed by atoms with E-state index in [1.165, 1.54) is 0 Å². The molecule has 1 aromatic carbocycles. The lowest BCUT2D eigenvalue weighted by atomic mass is 10.1. The number of halogens is 1. The minimum absolute atomic E-state index is 0.228. The van der Waals surface area contributed by atoms with E-state index in [0.717, 1.165) is 5.56 Å². The van der Waals surface area contributed by atoms with Gasteiger partial charge in [-0.25, -0.2) is 0 Å². The zero-order valence-electron chi connectivity index (χ0n) is 12.4. The number of amides is 2. The zero-order chi connectivity index (χ0) is 16.5. The fourth-order valence-electron chi connectivity index (χ4n) is 1.92. The second-order valence-corrected chi connectivity index (χ2v) is 5.50. The summed E-state index contributed by atoms with van der Waals surface area (Å²) in [4.78, 5) is 21.4. The highest BCUT2D eigenvalue weighted by Gasteiger charge is 2.10. The summed E-state index contributed by atoms with van der Waals surface area (Å²) < 4.78 is 5.60. The van der Waals surface area contributed by atoms with E-state index in [1.807, 2.05) is 12.1 Å². The van der Waals surface area contributed by atoms with Gasteiger partial charge in [0.1, 0.15) is 12.4 Å². The van der Waals surface area contributed by atoms with Gasteiger partial charge in [0.15, 0.2) is 0 Å². The van der Waals surface area contributed by atoms with Gasteiger partial charge in [0.05, 0.1) is 5.02 Å². The Balaban J connectivity index is 2.53. The number of primary amides is 2. The van der Waals surface area contributed by atoms with Crippen LogP contribution in [0.4, 0.5) is 0 Å². The standard InChI is InChI=1S/C15H22ClN3O3/c16-15-10(4-2-6-13(18)20)3-1-5-12(15)22-9-11(17)7-8-14(19)21/h1,3,5,11H,2,4,6-9,17H2,(H2,18,20)(H2,19,21). The third kappa shape index (κ3) is 6.78. The zero-order valence-corrected chi connectivity index (χ0v) is 13.1. The fraction of sp³-hybridized carbons (Fsp3) is 0.467. The Labute approximate surface area is 134 Å². The fourth-order valence-corrected chi connectivity index (χ4v) is 2.20. The van der Waals surface area contributed by atoms with Crippen molar-refractivity contribution in [1.29, 1.82) is 0 Å². The number of carbonyl (C=O) groups excluding carboxylic acids is 2. The van der Waals surface area contributed by atoms with Crippen molar-refractivity contribution in [2.24, 2.45) is 17.2 Å². The first-order valence-corrected chi connectivity index (χ1v) is 7.50. The predicted octanol–water partition coefficient (Wildman–Crippen LogP) is 1.12. The van der Waals surface area contributed by atoms with Crippen LogP contribution in [-0.2, 0) is 16.0 Å². The van der Waals surface area contributed by atoms with Crippen molar-refractivity contribution in [3.63, 3.8) is 0 Å². The van der Waals surface area contributed by atoms with Crippen LogP contribution in [0.15, 0.2) is 18.2 Å². The molecule has 1 rings (SSSR count). The lowest BCUT2D eigenvalue weighted by molar-refractivity contribution is -0.119. The minimum Gasteiger partial charge on any atom is -0.490 e. The molecule has 0 aromatic heterocycles. The number of benzene rings is 1. The molecule has 0 aliphatic carbocycles. The van der Waals surface area contributed by atoms with Gasteiger partial charge in [0, 0.05) is 18.9 Å². The first kappa shape index (κ1) is 18.3. The molecule has 0 saturated heterocycles. The Morgan fingerprint density at radius 3 is 2.50 bits per heavy atom. The summed E-state index contributed by atoms with van der Waals surface area (Å²) in [5.41, 5.74) is 16.9. The molecule has 122 valence electrons. The van der Waals surface area contributed by atoms with Gasteiger partial charge in [-0.1, -0.05) is 23.7 Å². The van der Waals surface area contributed by atoms with Gasteiger partial charge in [-0.05, 0) is 30.9 Å². The van der Waals surface area contributed by atoms with Crippen molar-refractivity contribution in [3.05, 3.63) is 28.8 Å². The number of nitrogens with two attached hydrogens (primary N) is 3. The Hall–Kier alpha value is -1.79. The number of rotatable bonds is 10. The summed E-state index contributed by atoms with van der Waals surface area (Å²) in [6, 6.07) is 5.17. The van der Waals surface area contributed by atoms with Gasteiger partial charge < -0.3 is 21.9 Å². The summed E-state index contributed by atoms with van der Waals surface area (Å²) >= 11 is 6.28. The van der Waals surface area contributed by atoms with Crippen LogP contribution < -0.4 is 21.9 Å². The van der Waals surface area contributed by atoms with E-state index in [9.17, 15) is 9.59 Å². The number of hydrogen-bond donors (Lipinski definition) is 3. The van der Waals surface area contributed by atoms with Crippen LogP contribution in [0.2, 0.25) is 5.02 Å². The van der Waals surface area contributed by atoms with Gasteiger partial charge in [-0.3, -0.25) is 9.59 Å². The topological polar surface area (TPSA) is 121 Å². The van der Waals surface area contributed by atoms with Gasteiger partial charge >= 0.3 is 0 Å². The second-order valence-electron chi connectivity index (χ2n) is 5.13. The molecule has 22 heavy (non-hydrogen) atoms.